The van der Waals surface area contributed by atoms with Gasteiger partial charge in [0.25, 0.3) is 0 Å². The molecular weight excluding hydrogens is 528 g/mol. The first kappa shape index (κ1) is 31.4. The number of methoxy groups -OCH3 is 1. The van der Waals surface area contributed by atoms with Gasteiger partial charge in [-0.1, -0.05) is 20.8 Å². The molecule has 1 aliphatic heterocycles. The van der Waals surface area contributed by atoms with Gasteiger partial charge in [-0.2, -0.15) is 0 Å². The highest BCUT2D eigenvalue weighted by Crippen LogP contribution is 2.63. The number of allylic oxidation sites excluding steroid dienone is 1. The van der Waals surface area contributed by atoms with Crippen molar-refractivity contribution in [2.24, 2.45) is 22.7 Å². The first-order valence-electron chi connectivity index (χ1n) is 14.7. The number of carbonyl (C=O) groups is 4. The maximum atomic E-state index is 14.2. The Kier molecular flexibility index (Phi) is 8.88. The number of aliphatic hydroxyl groups is 1. The molecule has 8 atom stereocenters. The molecule has 0 aromatic carbocycles. The zero-order valence-electron chi connectivity index (χ0n) is 25.7. The van der Waals surface area contributed by atoms with Crippen molar-refractivity contribution in [3.63, 3.8) is 0 Å². The minimum atomic E-state index is -1.20. The third-order valence-corrected chi connectivity index (χ3v) is 10.1. The molecule has 0 amide bonds. The lowest BCUT2D eigenvalue weighted by Crippen LogP contribution is -2.63. The molecule has 10 nitrogen and oxygen atoms in total. The normalized spacial score (nSPS) is 36.6. The number of carbonyl (C=O) groups excluding carboxylic acids is 4. The van der Waals surface area contributed by atoms with Crippen molar-refractivity contribution in [3.8, 4) is 0 Å². The largest absolute Gasteiger partial charge is 0.458 e. The molecule has 1 heterocycles. The van der Waals surface area contributed by atoms with Gasteiger partial charge >= 0.3 is 11.9 Å². The van der Waals surface area contributed by atoms with E-state index in [1.54, 1.807) is 6.20 Å². The number of hydrogen-bond donors (Lipinski definition) is 1. The zero-order valence-corrected chi connectivity index (χ0v) is 25.7. The number of nitrogens with zero attached hydrogens (tertiary/aromatic N) is 2. The van der Waals surface area contributed by atoms with Gasteiger partial charge in [0.05, 0.1) is 24.2 Å². The Morgan fingerprint density at radius 1 is 1.20 bits per heavy atom. The van der Waals surface area contributed by atoms with Crippen LogP contribution < -0.4 is 0 Å². The second kappa shape index (κ2) is 11.6. The number of likely N-dealkylation sites (N-methyl/N-ethyl adjacent to an activating group) is 2. The van der Waals surface area contributed by atoms with Crippen LogP contribution in [0, 0.1) is 22.7 Å². The average Bonchev–Trinajstić information content (AvgIpc) is 3.18. The van der Waals surface area contributed by atoms with E-state index in [4.69, 9.17) is 14.2 Å². The molecule has 1 N–H and O–H groups in total. The summed E-state index contributed by atoms with van der Waals surface area (Å²) >= 11 is 0. The summed E-state index contributed by atoms with van der Waals surface area (Å²) in [5.74, 6) is -3.91. The number of esters is 2. The molecule has 1 saturated heterocycles. The molecule has 10 heteroatoms. The van der Waals surface area contributed by atoms with E-state index in [1.807, 2.05) is 58.6 Å². The number of aliphatic hydroxyl groups excluding tert-OH is 1. The summed E-state index contributed by atoms with van der Waals surface area (Å²) in [7, 11) is 7.23. The summed E-state index contributed by atoms with van der Waals surface area (Å²) < 4.78 is 17.6. The van der Waals surface area contributed by atoms with Gasteiger partial charge in [0.2, 0.25) is 11.6 Å². The van der Waals surface area contributed by atoms with E-state index < -0.39 is 58.6 Å². The summed E-state index contributed by atoms with van der Waals surface area (Å²) in [5, 5.41) is 11.0. The number of ketones is 2. The summed E-state index contributed by atoms with van der Waals surface area (Å²) in [5.41, 5.74) is -0.968. The Hall–Kier alpha value is -2.56. The Balaban J connectivity index is 1.93. The maximum Gasteiger partial charge on any atom is 0.336 e. The molecule has 0 aromatic heterocycles. The zero-order chi connectivity index (χ0) is 30.4. The van der Waals surface area contributed by atoms with Crippen LogP contribution in [0.2, 0.25) is 0 Å². The van der Waals surface area contributed by atoms with Crippen LogP contribution in [0.15, 0.2) is 22.9 Å². The quantitative estimate of drug-likeness (QED) is 0.249. The van der Waals surface area contributed by atoms with Crippen LogP contribution in [-0.2, 0) is 33.4 Å². The van der Waals surface area contributed by atoms with Crippen LogP contribution in [0.1, 0.15) is 59.8 Å². The van der Waals surface area contributed by atoms with E-state index in [-0.39, 0.29) is 30.6 Å². The van der Waals surface area contributed by atoms with E-state index in [0.717, 1.165) is 0 Å². The molecule has 2 fully saturated rings. The van der Waals surface area contributed by atoms with Crippen LogP contribution in [0.25, 0.3) is 0 Å². The number of fused-ring (bicyclic) bond motifs is 4. The fourth-order valence-electron chi connectivity index (χ4n) is 7.58. The molecule has 0 spiro atoms. The van der Waals surface area contributed by atoms with Gasteiger partial charge < -0.3 is 29.1 Å². The molecule has 228 valence electrons. The van der Waals surface area contributed by atoms with Gasteiger partial charge in [-0.25, -0.2) is 4.79 Å². The van der Waals surface area contributed by atoms with Gasteiger partial charge in [-0.3, -0.25) is 14.4 Å². The number of Topliss-reactive ketones (excluding diaryl/α,β-unsaturated/α-hetero) is 2. The van der Waals surface area contributed by atoms with Crippen molar-refractivity contribution in [3.05, 3.63) is 22.9 Å². The Morgan fingerprint density at radius 3 is 2.49 bits per heavy atom. The van der Waals surface area contributed by atoms with E-state index in [2.05, 4.69) is 0 Å². The minimum absolute atomic E-state index is 0.00202. The Bertz CT molecular complexity index is 1160. The number of cyclic esters (lactones) is 1. The van der Waals surface area contributed by atoms with Crippen LogP contribution >= 0.6 is 0 Å². The molecule has 4 rings (SSSR count). The third-order valence-electron chi connectivity index (χ3n) is 10.1. The van der Waals surface area contributed by atoms with Crippen LogP contribution in [-0.4, -0.2) is 104 Å². The lowest BCUT2D eigenvalue weighted by Gasteiger charge is -2.56. The van der Waals surface area contributed by atoms with Gasteiger partial charge in [0, 0.05) is 55.8 Å². The van der Waals surface area contributed by atoms with Gasteiger partial charge in [0.15, 0.2) is 0 Å². The highest BCUT2D eigenvalue weighted by atomic mass is 16.6. The first-order valence-corrected chi connectivity index (χ1v) is 14.7. The topological polar surface area (TPSA) is 123 Å². The molecular formula is C31H46N2O8. The monoisotopic (exact) mass is 574 g/mol. The standard InChI is InChI=1S/C31H46N2O8/c1-9-10-23(35)40-20-13-30(3)19(11-12-21(30)34)24-26(20)31(4)22(16-39-8)41-29(38)18(25(31)28(37)27(24)36)15-33(7)14-17(2)32(5)6/h15,17,19-22,25,34H,9-14,16H2,1-8H3. The second-order valence-electron chi connectivity index (χ2n) is 13.0. The number of ether oxygens (including phenoxy) is 3. The minimum Gasteiger partial charge on any atom is -0.458 e. The molecule has 0 radical (unpaired) electrons. The van der Waals surface area contributed by atoms with Gasteiger partial charge in [-0.15, -0.1) is 0 Å². The predicted octanol–water partition coefficient (Wildman–Crippen LogP) is 2.29. The van der Waals surface area contributed by atoms with Crippen LogP contribution in [0.4, 0.5) is 0 Å². The van der Waals surface area contributed by atoms with Crippen molar-refractivity contribution in [2.75, 3.05) is 41.4 Å². The highest BCUT2D eigenvalue weighted by Gasteiger charge is 2.67. The molecule has 41 heavy (non-hydrogen) atoms. The summed E-state index contributed by atoms with van der Waals surface area (Å²) in [6.45, 7) is 8.23. The number of hydrogen-bond acceptors (Lipinski definition) is 10. The fraction of sp³-hybridized carbons (Fsp3) is 0.742. The smallest absolute Gasteiger partial charge is 0.336 e. The van der Waals surface area contributed by atoms with Crippen molar-refractivity contribution < 1.29 is 38.5 Å². The second-order valence-corrected chi connectivity index (χ2v) is 13.0. The average molecular weight is 575 g/mol. The van der Waals surface area contributed by atoms with Crippen LogP contribution in [0.5, 0.6) is 0 Å². The lowest BCUT2D eigenvalue weighted by molar-refractivity contribution is -0.175. The Morgan fingerprint density at radius 2 is 1.88 bits per heavy atom. The molecule has 1 saturated carbocycles. The summed E-state index contributed by atoms with van der Waals surface area (Å²) in [4.78, 5) is 58.6. The SMILES string of the molecule is CCCC(=O)OC1CC2(C)C(O)CCC2C2=C1C1(C)C(COC)OC(=O)C(=CN(C)CC(C)N(C)C)C1C(=O)C2=O. The molecule has 0 bridgehead atoms. The summed E-state index contributed by atoms with van der Waals surface area (Å²) in [6, 6.07) is 0.147. The van der Waals surface area contributed by atoms with E-state index in [9.17, 15) is 24.3 Å². The van der Waals surface area contributed by atoms with E-state index >= 15 is 0 Å². The maximum absolute atomic E-state index is 14.2. The van der Waals surface area contributed by atoms with E-state index in [0.29, 0.717) is 43.4 Å². The van der Waals surface area contributed by atoms with Crippen molar-refractivity contribution in [2.45, 2.75) is 84.2 Å². The van der Waals surface area contributed by atoms with Crippen molar-refractivity contribution in [1.29, 1.82) is 0 Å². The van der Waals surface area contributed by atoms with Crippen LogP contribution in [0.3, 0.4) is 0 Å². The summed E-state index contributed by atoms with van der Waals surface area (Å²) in [6.07, 6.45) is 1.28. The predicted molar refractivity (Wildman–Crippen MR) is 150 cm³/mol. The third kappa shape index (κ3) is 5.16. The highest BCUT2D eigenvalue weighted by molar-refractivity contribution is 6.47. The Labute approximate surface area is 243 Å². The lowest BCUT2D eigenvalue weighted by atomic mass is 9.50. The first-order chi connectivity index (χ1) is 19.2. The van der Waals surface area contributed by atoms with Gasteiger partial charge in [0.1, 0.15) is 12.2 Å². The van der Waals surface area contributed by atoms with Crippen molar-refractivity contribution in [1.82, 2.24) is 9.80 Å². The fourth-order valence-corrected chi connectivity index (χ4v) is 7.58. The molecule has 3 aliphatic carbocycles. The molecule has 0 aromatic rings. The molecule has 8 unspecified atom stereocenters. The molecule has 4 aliphatic rings. The number of rotatable bonds is 9. The van der Waals surface area contributed by atoms with Gasteiger partial charge in [-0.05, 0) is 58.2 Å². The van der Waals surface area contributed by atoms with E-state index in [1.165, 1.54) is 7.11 Å². The van der Waals surface area contributed by atoms with Crippen molar-refractivity contribution >= 4 is 23.5 Å².